The number of halogens is 1. The van der Waals surface area contributed by atoms with E-state index >= 15 is 0 Å². The molecule has 0 N–H and O–H groups in total. The lowest BCUT2D eigenvalue weighted by molar-refractivity contribution is 0.0775. The summed E-state index contributed by atoms with van der Waals surface area (Å²) in [6.45, 7) is 5.48. The number of hydrogen-bond donors (Lipinski definition) is 0. The fraction of sp³-hybridized carbons (Fsp3) is 0.357. The van der Waals surface area contributed by atoms with Gasteiger partial charge in [0.05, 0.1) is 5.56 Å². The first-order valence-corrected chi connectivity index (χ1v) is 6.91. The summed E-state index contributed by atoms with van der Waals surface area (Å²) in [6.07, 6.45) is 1.91. The van der Waals surface area contributed by atoms with Crippen LogP contribution >= 0.6 is 15.9 Å². The average Bonchev–Trinajstić information content (AvgIpc) is 2.68. The highest BCUT2D eigenvalue weighted by atomic mass is 79.9. The van der Waals surface area contributed by atoms with Gasteiger partial charge < -0.3 is 9.47 Å². The second-order valence-electron chi connectivity index (χ2n) is 4.29. The molecule has 0 fully saturated rings. The van der Waals surface area contributed by atoms with E-state index in [0.29, 0.717) is 0 Å². The van der Waals surface area contributed by atoms with Crippen LogP contribution in [-0.2, 0) is 7.05 Å². The number of nitrogens with zero attached hydrogens (tertiary/aromatic N) is 2. The molecule has 0 bridgehead atoms. The highest BCUT2D eigenvalue weighted by Gasteiger charge is 2.18. The van der Waals surface area contributed by atoms with E-state index in [-0.39, 0.29) is 5.91 Å². The standard InChI is InChI=1S/C14H17BrN2O/c1-4-17(5-2)14(18)12-9-16(3)13-8-10(15)6-7-11(12)13/h6-9H,4-5H2,1-3H3. The predicted octanol–water partition coefficient (Wildman–Crippen LogP) is 3.42. The van der Waals surface area contributed by atoms with Crippen LogP contribution < -0.4 is 0 Å². The SMILES string of the molecule is CCN(CC)C(=O)c1cn(C)c2cc(Br)ccc12. The van der Waals surface area contributed by atoms with Crippen molar-refractivity contribution >= 4 is 32.7 Å². The van der Waals surface area contributed by atoms with Gasteiger partial charge in [0.2, 0.25) is 0 Å². The molecule has 0 saturated carbocycles. The molecule has 3 nitrogen and oxygen atoms in total. The molecule has 2 rings (SSSR count). The van der Waals surface area contributed by atoms with Crippen molar-refractivity contribution in [2.24, 2.45) is 7.05 Å². The zero-order chi connectivity index (χ0) is 13.3. The number of carbonyl (C=O) groups excluding carboxylic acids is 1. The van der Waals surface area contributed by atoms with Crippen LogP contribution in [0.2, 0.25) is 0 Å². The molecule has 18 heavy (non-hydrogen) atoms. The Morgan fingerprint density at radius 2 is 2.00 bits per heavy atom. The fourth-order valence-corrected chi connectivity index (χ4v) is 2.56. The van der Waals surface area contributed by atoms with E-state index in [9.17, 15) is 4.79 Å². The van der Waals surface area contributed by atoms with Crippen LogP contribution in [0.4, 0.5) is 0 Å². The maximum Gasteiger partial charge on any atom is 0.256 e. The van der Waals surface area contributed by atoms with E-state index in [1.165, 1.54) is 0 Å². The van der Waals surface area contributed by atoms with Gasteiger partial charge in [-0.3, -0.25) is 4.79 Å². The van der Waals surface area contributed by atoms with Gasteiger partial charge in [0.25, 0.3) is 5.91 Å². The zero-order valence-electron chi connectivity index (χ0n) is 10.9. The summed E-state index contributed by atoms with van der Waals surface area (Å²) >= 11 is 3.46. The molecule has 2 aromatic rings. The molecular weight excluding hydrogens is 292 g/mol. The van der Waals surface area contributed by atoms with E-state index in [4.69, 9.17) is 0 Å². The van der Waals surface area contributed by atoms with Crippen LogP contribution in [0.15, 0.2) is 28.9 Å². The van der Waals surface area contributed by atoms with Crippen molar-refractivity contribution in [2.45, 2.75) is 13.8 Å². The Hall–Kier alpha value is -1.29. The second-order valence-corrected chi connectivity index (χ2v) is 5.21. The normalized spacial score (nSPS) is 10.9. The van der Waals surface area contributed by atoms with Gasteiger partial charge in [-0.15, -0.1) is 0 Å². The van der Waals surface area contributed by atoms with Crippen molar-refractivity contribution in [2.75, 3.05) is 13.1 Å². The maximum absolute atomic E-state index is 12.4. The molecule has 1 aromatic heterocycles. The van der Waals surface area contributed by atoms with Crippen molar-refractivity contribution in [1.82, 2.24) is 9.47 Å². The number of carbonyl (C=O) groups is 1. The third-order valence-electron chi connectivity index (χ3n) is 3.23. The highest BCUT2D eigenvalue weighted by molar-refractivity contribution is 9.10. The lowest BCUT2D eigenvalue weighted by Crippen LogP contribution is -2.30. The molecule has 96 valence electrons. The summed E-state index contributed by atoms with van der Waals surface area (Å²) in [7, 11) is 1.97. The van der Waals surface area contributed by atoms with Crippen molar-refractivity contribution in [3.05, 3.63) is 34.4 Å². The predicted molar refractivity (Wildman–Crippen MR) is 77.9 cm³/mol. The van der Waals surface area contributed by atoms with Crippen LogP contribution in [-0.4, -0.2) is 28.5 Å². The van der Waals surface area contributed by atoms with Crippen molar-refractivity contribution in [1.29, 1.82) is 0 Å². The lowest BCUT2D eigenvalue weighted by Gasteiger charge is -2.17. The Labute approximate surface area is 116 Å². The fourth-order valence-electron chi connectivity index (χ4n) is 2.21. The van der Waals surface area contributed by atoms with E-state index < -0.39 is 0 Å². The Morgan fingerprint density at radius 1 is 1.33 bits per heavy atom. The van der Waals surface area contributed by atoms with Gasteiger partial charge in [-0.1, -0.05) is 22.0 Å². The van der Waals surface area contributed by atoms with E-state index in [0.717, 1.165) is 34.0 Å². The number of aryl methyl sites for hydroxylation is 1. The van der Waals surface area contributed by atoms with Gasteiger partial charge in [-0.05, 0) is 26.0 Å². The number of rotatable bonds is 3. The molecule has 1 heterocycles. The van der Waals surface area contributed by atoms with E-state index in [2.05, 4.69) is 15.9 Å². The topological polar surface area (TPSA) is 25.2 Å². The van der Waals surface area contributed by atoms with E-state index in [1.807, 2.05) is 54.8 Å². The van der Waals surface area contributed by atoms with Gasteiger partial charge in [0.15, 0.2) is 0 Å². The van der Waals surface area contributed by atoms with Gasteiger partial charge in [0, 0.05) is 41.7 Å². The van der Waals surface area contributed by atoms with E-state index in [1.54, 1.807) is 0 Å². The largest absolute Gasteiger partial charge is 0.350 e. The second kappa shape index (κ2) is 5.14. The highest BCUT2D eigenvalue weighted by Crippen LogP contribution is 2.25. The first-order valence-electron chi connectivity index (χ1n) is 6.12. The van der Waals surface area contributed by atoms with Crippen molar-refractivity contribution in [3.8, 4) is 0 Å². The molecule has 1 amide bonds. The number of amides is 1. The van der Waals surface area contributed by atoms with Crippen LogP contribution in [0.5, 0.6) is 0 Å². The summed E-state index contributed by atoms with van der Waals surface area (Å²) in [4.78, 5) is 14.3. The van der Waals surface area contributed by atoms with Crippen molar-refractivity contribution in [3.63, 3.8) is 0 Å². The molecule has 0 aliphatic heterocycles. The average molecular weight is 309 g/mol. The molecule has 0 spiro atoms. The summed E-state index contributed by atoms with van der Waals surface area (Å²) < 4.78 is 3.02. The number of benzene rings is 1. The molecule has 0 aliphatic rings. The molecule has 0 aliphatic carbocycles. The van der Waals surface area contributed by atoms with Gasteiger partial charge in [-0.2, -0.15) is 0 Å². The lowest BCUT2D eigenvalue weighted by atomic mass is 10.1. The minimum absolute atomic E-state index is 0.105. The molecule has 0 atom stereocenters. The number of aromatic nitrogens is 1. The van der Waals surface area contributed by atoms with Gasteiger partial charge in [-0.25, -0.2) is 0 Å². The Morgan fingerprint density at radius 3 is 2.61 bits per heavy atom. The molecule has 4 heteroatoms. The summed E-state index contributed by atoms with van der Waals surface area (Å²) in [5.74, 6) is 0.105. The third-order valence-corrected chi connectivity index (χ3v) is 3.73. The Bertz CT molecular complexity index is 585. The first-order chi connectivity index (χ1) is 8.58. The number of hydrogen-bond acceptors (Lipinski definition) is 1. The van der Waals surface area contributed by atoms with Gasteiger partial charge in [0.1, 0.15) is 0 Å². The summed E-state index contributed by atoms with van der Waals surface area (Å²) in [5.41, 5.74) is 1.85. The third kappa shape index (κ3) is 2.17. The van der Waals surface area contributed by atoms with Crippen LogP contribution in [0.1, 0.15) is 24.2 Å². The molecular formula is C14H17BrN2O. The molecule has 0 saturated heterocycles. The minimum Gasteiger partial charge on any atom is -0.350 e. The van der Waals surface area contributed by atoms with Gasteiger partial charge >= 0.3 is 0 Å². The molecule has 0 radical (unpaired) electrons. The zero-order valence-corrected chi connectivity index (χ0v) is 12.5. The summed E-state index contributed by atoms with van der Waals surface area (Å²) in [5, 5.41) is 1.01. The summed E-state index contributed by atoms with van der Waals surface area (Å²) in [6, 6.07) is 6.01. The van der Waals surface area contributed by atoms with Crippen LogP contribution in [0.25, 0.3) is 10.9 Å². The smallest absolute Gasteiger partial charge is 0.256 e. The first kappa shape index (κ1) is 13.1. The molecule has 0 unspecified atom stereocenters. The quantitative estimate of drug-likeness (QED) is 0.853. The van der Waals surface area contributed by atoms with Crippen LogP contribution in [0.3, 0.4) is 0 Å². The van der Waals surface area contributed by atoms with Crippen LogP contribution in [0, 0.1) is 0 Å². The Balaban J connectivity index is 2.55. The minimum atomic E-state index is 0.105. The maximum atomic E-state index is 12.4. The number of fused-ring (bicyclic) bond motifs is 1. The molecule has 1 aromatic carbocycles. The Kier molecular flexibility index (Phi) is 3.76. The van der Waals surface area contributed by atoms with Crippen molar-refractivity contribution < 1.29 is 4.79 Å². The monoisotopic (exact) mass is 308 g/mol.